The second-order valence-corrected chi connectivity index (χ2v) is 4.90. The highest BCUT2D eigenvalue weighted by molar-refractivity contribution is 5.94. The van der Waals surface area contributed by atoms with E-state index in [2.05, 4.69) is 6.92 Å². The molecule has 20 heavy (non-hydrogen) atoms. The van der Waals surface area contributed by atoms with Crippen LogP contribution >= 0.6 is 0 Å². The Balaban J connectivity index is 2.94. The minimum Gasteiger partial charge on any atom is -0.339 e. The number of carbonyl (C=O) groups excluding carboxylic acids is 1. The zero-order valence-electron chi connectivity index (χ0n) is 12.4. The van der Waals surface area contributed by atoms with E-state index in [1.165, 1.54) is 6.07 Å². The number of unbranched alkanes of at least 4 members (excludes halogenated alkanes) is 1. The second kappa shape index (κ2) is 7.62. The minimum absolute atomic E-state index is 0.0432. The molecule has 0 radical (unpaired) electrons. The number of carbonyl (C=O) groups is 1. The summed E-state index contributed by atoms with van der Waals surface area (Å²) in [5.74, 6) is -0.0432. The Hall–Kier alpha value is -1.91. The lowest BCUT2D eigenvalue weighted by atomic mass is 10.1. The Labute approximate surface area is 119 Å². The number of nitrogens with zero attached hydrogens (tertiary/aromatic N) is 2. The smallest absolute Gasteiger partial charge is 0.272 e. The van der Waals surface area contributed by atoms with Crippen molar-refractivity contribution in [1.29, 1.82) is 0 Å². The number of nitro groups is 1. The van der Waals surface area contributed by atoms with E-state index >= 15 is 0 Å². The Morgan fingerprint density at radius 2 is 1.95 bits per heavy atom. The van der Waals surface area contributed by atoms with Crippen molar-refractivity contribution in [3.05, 3.63) is 39.4 Å². The van der Waals surface area contributed by atoms with Crippen molar-refractivity contribution in [3.63, 3.8) is 0 Å². The largest absolute Gasteiger partial charge is 0.339 e. The SMILES string of the molecule is CCCCN(CCC)C(=O)c1ccc([N+](=O)[O-])c(C)c1. The van der Waals surface area contributed by atoms with Crippen LogP contribution in [-0.4, -0.2) is 28.8 Å². The van der Waals surface area contributed by atoms with E-state index in [0.717, 1.165) is 32.4 Å². The molecule has 110 valence electrons. The van der Waals surface area contributed by atoms with Crippen LogP contribution in [0.15, 0.2) is 18.2 Å². The van der Waals surface area contributed by atoms with Crippen molar-refractivity contribution in [1.82, 2.24) is 4.90 Å². The molecule has 0 saturated heterocycles. The van der Waals surface area contributed by atoms with Crippen molar-refractivity contribution in [3.8, 4) is 0 Å². The fraction of sp³-hybridized carbons (Fsp3) is 0.533. The Kier molecular flexibility index (Phi) is 6.15. The normalized spacial score (nSPS) is 10.3. The molecule has 0 heterocycles. The van der Waals surface area contributed by atoms with Crippen molar-refractivity contribution in [2.24, 2.45) is 0 Å². The zero-order chi connectivity index (χ0) is 15.1. The molecule has 1 amide bonds. The molecule has 0 N–H and O–H groups in total. The van der Waals surface area contributed by atoms with E-state index in [1.807, 2.05) is 11.8 Å². The van der Waals surface area contributed by atoms with Crippen LogP contribution in [0, 0.1) is 17.0 Å². The Morgan fingerprint density at radius 1 is 1.25 bits per heavy atom. The number of hydrogen-bond acceptors (Lipinski definition) is 3. The molecule has 0 aliphatic rings. The van der Waals surface area contributed by atoms with Crippen molar-refractivity contribution >= 4 is 11.6 Å². The lowest BCUT2D eigenvalue weighted by molar-refractivity contribution is -0.385. The third-order valence-electron chi connectivity index (χ3n) is 3.20. The van der Waals surface area contributed by atoms with Gasteiger partial charge in [0.2, 0.25) is 0 Å². The average molecular weight is 278 g/mol. The number of amides is 1. The summed E-state index contributed by atoms with van der Waals surface area (Å²) in [6, 6.07) is 4.56. The first-order chi connectivity index (χ1) is 9.51. The summed E-state index contributed by atoms with van der Waals surface area (Å²) in [6.45, 7) is 7.23. The molecule has 0 saturated carbocycles. The van der Waals surface area contributed by atoms with Gasteiger partial charge in [0, 0.05) is 30.3 Å². The summed E-state index contributed by atoms with van der Waals surface area (Å²) >= 11 is 0. The predicted octanol–water partition coefficient (Wildman–Crippen LogP) is 3.56. The maximum atomic E-state index is 12.4. The average Bonchev–Trinajstić information content (AvgIpc) is 2.42. The highest BCUT2D eigenvalue weighted by atomic mass is 16.6. The molecular weight excluding hydrogens is 256 g/mol. The first-order valence-corrected chi connectivity index (χ1v) is 7.05. The van der Waals surface area contributed by atoms with Gasteiger partial charge in [-0.25, -0.2) is 0 Å². The summed E-state index contributed by atoms with van der Waals surface area (Å²) in [6.07, 6.45) is 2.91. The molecule has 0 aromatic heterocycles. The summed E-state index contributed by atoms with van der Waals surface area (Å²) < 4.78 is 0. The van der Waals surface area contributed by atoms with Gasteiger partial charge in [0.1, 0.15) is 0 Å². The fourth-order valence-corrected chi connectivity index (χ4v) is 2.11. The third-order valence-corrected chi connectivity index (χ3v) is 3.20. The first kappa shape index (κ1) is 16.1. The number of rotatable bonds is 7. The van der Waals surface area contributed by atoms with Gasteiger partial charge < -0.3 is 4.90 Å². The highest BCUT2D eigenvalue weighted by Crippen LogP contribution is 2.20. The summed E-state index contributed by atoms with van der Waals surface area (Å²) in [4.78, 5) is 24.6. The van der Waals surface area contributed by atoms with Gasteiger partial charge in [0.15, 0.2) is 0 Å². The molecule has 0 aliphatic carbocycles. The lowest BCUT2D eigenvalue weighted by Gasteiger charge is -2.22. The van der Waals surface area contributed by atoms with Crippen LogP contribution in [0.1, 0.15) is 49.0 Å². The van der Waals surface area contributed by atoms with Crippen LogP contribution in [-0.2, 0) is 0 Å². The van der Waals surface area contributed by atoms with Crippen LogP contribution in [0.5, 0.6) is 0 Å². The molecular formula is C15H22N2O3. The minimum atomic E-state index is -0.426. The van der Waals surface area contributed by atoms with E-state index in [4.69, 9.17) is 0 Å². The molecule has 5 nitrogen and oxygen atoms in total. The van der Waals surface area contributed by atoms with Gasteiger partial charge in [0.25, 0.3) is 11.6 Å². The molecule has 0 bridgehead atoms. The summed E-state index contributed by atoms with van der Waals surface area (Å²) in [5.41, 5.74) is 1.10. The molecule has 0 atom stereocenters. The molecule has 1 rings (SSSR count). The van der Waals surface area contributed by atoms with Gasteiger partial charge in [-0.1, -0.05) is 20.3 Å². The van der Waals surface area contributed by atoms with Crippen molar-refractivity contribution in [2.45, 2.75) is 40.0 Å². The number of hydrogen-bond donors (Lipinski definition) is 0. The number of nitro benzene ring substituents is 1. The maximum absolute atomic E-state index is 12.4. The maximum Gasteiger partial charge on any atom is 0.272 e. The highest BCUT2D eigenvalue weighted by Gasteiger charge is 2.18. The molecule has 0 spiro atoms. The molecule has 1 aromatic carbocycles. The van der Waals surface area contributed by atoms with E-state index < -0.39 is 4.92 Å². The zero-order valence-corrected chi connectivity index (χ0v) is 12.4. The molecule has 0 aliphatic heterocycles. The summed E-state index contributed by atoms with van der Waals surface area (Å²) in [5, 5.41) is 10.8. The van der Waals surface area contributed by atoms with Gasteiger partial charge in [-0.2, -0.15) is 0 Å². The predicted molar refractivity (Wildman–Crippen MR) is 78.9 cm³/mol. The van der Waals surface area contributed by atoms with Gasteiger partial charge >= 0.3 is 0 Å². The molecule has 1 aromatic rings. The van der Waals surface area contributed by atoms with Crippen LogP contribution in [0.25, 0.3) is 0 Å². The van der Waals surface area contributed by atoms with Gasteiger partial charge in [-0.15, -0.1) is 0 Å². The Morgan fingerprint density at radius 3 is 2.45 bits per heavy atom. The molecule has 0 fully saturated rings. The van der Waals surface area contributed by atoms with Crippen LogP contribution in [0.4, 0.5) is 5.69 Å². The lowest BCUT2D eigenvalue weighted by Crippen LogP contribution is -2.32. The van der Waals surface area contributed by atoms with Crippen molar-refractivity contribution < 1.29 is 9.72 Å². The summed E-state index contributed by atoms with van der Waals surface area (Å²) in [7, 11) is 0. The number of benzene rings is 1. The number of aryl methyl sites for hydroxylation is 1. The molecule has 0 unspecified atom stereocenters. The second-order valence-electron chi connectivity index (χ2n) is 4.90. The van der Waals surface area contributed by atoms with E-state index in [-0.39, 0.29) is 11.6 Å². The Bertz CT molecular complexity index is 486. The van der Waals surface area contributed by atoms with Gasteiger partial charge in [0.05, 0.1) is 4.92 Å². The fourth-order valence-electron chi connectivity index (χ4n) is 2.11. The van der Waals surface area contributed by atoms with Gasteiger partial charge in [-0.05, 0) is 31.9 Å². The first-order valence-electron chi connectivity index (χ1n) is 7.05. The van der Waals surface area contributed by atoms with Crippen molar-refractivity contribution in [2.75, 3.05) is 13.1 Å². The van der Waals surface area contributed by atoms with Crippen LogP contribution in [0.3, 0.4) is 0 Å². The van der Waals surface area contributed by atoms with Gasteiger partial charge in [-0.3, -0.25) is 14.9 Å². The van der Waals surface area contributed by atoms with Crippen LogP contribution in [0.2, 0.25) is 0 Å². The standard InChI is InChI=1S/C15H22N2O3/c1-4-6-10-16(9-5-2)15(18)13-7-8-14(17(19)20)12(3)11-13/h7-8,11H,4-6,9-10H2,1-3H3. The quantitative estimate of drug-likeness (QED) is 0.566. The van der Waals surface area contributed by atoms with E-state index in [1.54, 1.807) is 19.1 Å². The molecule has 5 heteroatoms. The van der Waals surface area contributed by atoms with E-state index in [0.29, 0.717) is 11.1 Å². The topological polar surface area (TPSA) is 63.5 Å². The monoisotopic (exact) mass is 278 g/mol. The third kappa shape index (κ3) is 4.05. The van der Waals surface area contributed by atoms with Crippen LogP contribution < -0.4 is 0 Å². The van der Waals surface area contributed by atoms with E-state index in [9.17, 15) is 14.9 Å².